The molecule has 0 radical (unpaired) electrons. The monoisotopic (exact) mass is 401 g/mol. The van der Waals surface area contributed by atoms with E-state index in [1.807, 2.05) is 42.7 Å². The van der Waals surface area contributed by atoms with Crippen LogP contribution in [-0.2, 0) is 4.79 Å². The molecule has 30 heavy (non-hydrogen) atoms. The molecule has 150 valence electrons. The van der Waals surface area contributed by atoms with Gasteiger partial charge in [0.15, 0.2) is 5.78 Å². The van der Waals surface area contributed by atoms with E-state index in [1.54, 1.807) is 12.1 Å². The fourth-order valence-corrected chi connectivity index (χ4v) is 3.21. The van der Waals surface area contributed by atoms with E-state index in [0.29, 0.717) is 11.3 Å². The summed E-state index contributed by atoms with van der Waals surface area (Å²) in [5.74, 6) is -0.982. The van der Waals surface area contributed by atoms with Gasteiger partial charge in [-0.1, -0.05) is 0 Å². The summed E-state index contributed by atoms with van der Waals surface area (Å²) in [6.07, 6.45) is 1.53. The van der Waals surface area contributed by atoms with Gasteiger partial charge in [-0.2, -0.15) is 5.26 Å². The van der Waals surface area contributed by atoms with E-state index in [1.165, 1.54) is 37.3 Å². The van der Waals surface area contributed by atoms with Crippen molar-refractivity contribution in [3.05, 3.63) is 88.5 Å². The molecule has 6 heteroatoms. The maximum absolute atomic E-state index is 13.0. The fourth-order valence-electron chi connectivity index (χ4n) is 3.21. The number of halogens is 1. The van der Waals surface area contributed by atoms with Crippen molar-refractivity contribution in [3.63, 3.8) is 0 Å². The Morgan fingerprint density at radius 3 is 2.27 bits per heavy atom. The molecule has 0 spiro atoms. The highest BCUT2D eigenvalue weighted by molar-refractivity contribution is 6.09. The SMILES string of the molecule is CC(=O)c1ccc(-n2c(C)cc(C=C(C#N)C(=O)Nc3ccc(F)cc3)c2C)cc1. The average molecular weight is 401 g/mol. The number of nitrogens with zero attached hydrogens (tertiary/aromatic N) is 2. The van der Waals surface area contributed by atoms with Gasteiger partial charge >= 0.3 is 0 Å². The number of nitriles is 1. The van der Waals surface area contributed by atoms with E-state index < -0.39 is 11.7 Å². The lowest BCUT2D eigenvalue weighted by Gasteiger charge is -2.10. The molecule has 0 aliphatic heterocycles. The second-order valence-corrected chi connectivity index (χ2v) is 6.90. The Balaban J connectivity index is 1.91. The van der Waals surface area contributed by atoms with Crippen LogP contribution in [0.2, 0.25) is 0 Å². The van der Waals surface area contributed by atoms with Crippen LogP contribution in [0.4, 0.5) is 10.1 Å². The summed E-state index contributed by atoms with van der Waals surface area (Å²) in [6.45, 7) is 5.34. The standard InChI is InChI=1S/C24H20FN3O2/c1-15-12-19(16(2)28(15)23-10-4-18(5-11-23)17(3)29)13-20(14-26)24(30)27-22-8-6-21(25)7-9-22/h4-13H,1-3H3,(H,27,30). The predicted octanol–water partition coefficient (Wildman–Crippen LogP) is 4.98. The Labute approximate surface area is 174 Å². The summed E-state index contributed by atoms with van der Waals surface area (Å²) >= 11 is 0. The molecule has 0 saturated heterocycles. The molecule has 5 nitrogen and oxygen atoms in total. The van der Waals surface area contributed by atoms with Gasteiger partial charge in [0.05, 0.1) is 0 Å². The van der Waals surface area contributed by atoms with Crippen molar-refractivity contribution in [1.29, 1.82) is 5.26 Å². The Hall–Kier alpha value is -3.98. The topological polar surface area (TPSA) is 74.9 Å². The van der Waals surface area contributed by atoms with Crippen molar-refractivity contribution in [2.24, 2.45) is 0 Å². The Bertz CT molecular complexity index is 1180. The summed E-state index contributed by atoms with van der Waals surface area (Å²) in [6, 6.07) is 16.4. The zero-order valence-corrected chi connectivity index (χ0v) is 16.9. The summed E-state index contributed by atoms with van der Waals surface area (Å²) in [7, 11) is 0. The number of anilines is 1. The molecule has 0 aliphatic rings. The Morgan fingerprint density at radius 2 is 1.70 bits per heavy atom. The van der Waals surface area contributed by atoms with Crippen LogP contribution in [0.5, 0.6) is 0 Å². The Kier molecular flexibility index (Phi) is 5.93. The number of hydrogen-bond acceptors (Lipinski definition) is 3. The maximum Gasteiger partial charge on any atom is 0.266 e. The molecule has 0 saturated carbocycles. The third-order valence-electron chi connectivity index (χ3n) is 4.77. The van der Waals surface area contributed by atoms with Crippen LogP contribution in [0.3, 0.4) is 0 Å². The smallest absolute Gasteiger partial charge is 0.266 e. The fraction of sp³-hybridized carbons (Fsp3) is 0.125. The minimum Gasteiger partial charge on any atom is -0.321 e. The van der Waals surface area contributed by atoms with Crippen molar-refractivity contribution in [2.45, 2.75) is 20.8 Å². The number of benzene rings is 2. The molecule has 3 aromatic rings. The van der Waals surface area contributed by atoms with Crippen LogP contribution in [0, 0.1) is 31.0 Å². The third-order valence-corrected chi connectivity index (χ3v) is 4.77. The van der Waals surface area contributed by atoms with Crippen LogP contribution in [0.15, 0.2) is 60.2 Å². The van der Waals surface area contributed by atoms with Crippen LogP contribution >= 0.6 is 0 Å². The molecule has 0 aliphatic carbocycles. The van der Waals surface area contributed by atoms with Gasteiger partial charge in [0.2, 0.25) is 0 Å². The van der Waals surface area contributed by atoms with Gasteiger partial charge in [-0.25, -0.2) is 4.39 Å². The largest absolute Gasteiger partial charge is 0.321 e. The van der Waals surface area contributed by atoms with Gasteiger partial charge in [-0.05, 0) is 87.0 Å². The molecule has 1 amide bonds. The number of aromatic nitrogens is 1. The van der Waals surface area contributed by atoms with E-state index >= 15 is 0 Å². The molecular weight excluding hydrogens is 381 g/mol. The van der Waals surface area contributed by atoms with Gasteiger partial charge in [0.25, 0.3) is 5.91 Å². The molecule has 1 heterocycles. The molecule has 0 bridgehead atoms. The van der Waals surface area contributed by atoms with E-state index in [4.69, 9.17) is 0 Å². The molecular formula is C24H20FN3O2. The lowest BCUT2D eigenvalue weighted by molar-refractivity contribution is -0.112. The van der Waals surface area contributed by atoms with Gasteiger partial charge < -0.3 is 9.88 Å². The first-order valence-corrected chi connectivity index (χ1v) is 9.29. The van der Waals surface area contributed by atoms with Crippen LogP contribution < -0.4 is 5.32 Å². The second-order valence-electron chi connectivity index (χ2n) is 6.90. The number of amides is 1. The third kappa shape index (κ3) is 4.36. The quantitative estimate of drug-likeness (QED) is 0.372. The van der Waals surface area contributed by atoms with Gasteiger partial charge in [-0.3, -0.25) is 9.59 Å². The number of carbonyl (C=O) groups excluding carboxylic acids is 2. The van der Waals surface area contributed by atoms with Gasteiger partial charge in [0, 0.05) is 28.3 Å². The normalized spacial score (nSPS) is 11.1. The molecule has 0 fully saturated rings. The average Bonchev–Trinajstić information content (AvgIpc) is 3.00. The minimum atomic E-state index is -0.570. The maximum atomic E-state index is 13.0. The lowest BCUT2D eigenvalue weighted by Crippen LogP contribution is -2.13. The molecule has 1 aromatic heterocycles. The highest BCUT2D eigenvalue weighted by atomic mass is 19.1. The number of aryl methyl sites for hydroxylation is 1. The van der Waals surface area contributed by atoms with Crippen molar-refractivity contribution in [3.8, 4) is 11.8 Å². The van der Waals surface area contributed by atoms with E-state index in [-0.39, 0.29) is 11.4 Å². The van der Waals surface area contributed by atoms with Crippen molar-refractivity contribution >= 4 is 23.5 Å². The van der Waals surface area contributed by atoms with Crippen LogP contribution in [0.1, 0.15) is 34.2 Å². The van der Waals surface area contributed by atoms with Crippen molar-refractivity contribution in [2.75, 3.05) is 5.32 Å². The first-order chi connectivity index (χ1) is 14.3. The minimum absolute atomic E-state index is 0.00282. The number of hydrogen-bond donors (Lipinski definition) is 1. The van der Waals surface area contributed by atoms with E-state index in [0.717, 1.165) is 22.6 Å². The second kappa shape index (κ2) is 8.58. The number of rotatable bonds is 5. The number of Topliss-reactive ketones (excluding diaryl/α,β-unsaturated/α-hetero) is 1. The first kappa shape index (κ1) is 20.7. The highest BCUT2D eigenvalue weighted by Crippen LogP contribution is 2.23. The highest BCUT2D eigenvalue weighted by Gasteiger charge is 2.14. The molecule has 1 N–H and O–H groups in total. The zero-order chi connectivity index (χ0) is 21.8. The molecule has 2 aromatic carbocycles. The number of ketones is 1. The van der Waals surface area contributed by atoms with Gasteiger partial charge in [-0.15, -0.1) is 0 Å². The summed E-state index contributed by atoms with van der Waals surface area (Å²) in [5.41, 5.74) is 4.35. The number of carbonyl (C=O) groups is 2. The summed E-state index contributed by atoms with van der Waals surface area (Å²) in [4.78, 5) is 24.0. The van der Waals surface area contributed by atoms with Gasteiger partial charge in [0.1, 0.15) is 17.5 Å². The van der Waals surface area contributed by atoms with Crippen molar-refractivity contribution < 1.29 is 14.0 Å². The Morgan fingerprint density at radius 1 is 1.07 bits per heavy atom. The summed E-state index contributed by atoms with van der Waals surface area (Å²) < 4.78 is 15.0. The van der Waals surface area contributed by atoms with E-state index in [9.17, 15) is 19.2 Å². The predicted molar refractivity (Wildman–Crippen MR) is 114 cm³/mol. The van der Waals surface area contributed by atoms with E-state index in [2.05, 4.69) is 5.32 Å². The zero-order valence-electron chi connectivity index (χ0n) is 16.9. The van der Waals surface area contributed by atoms with Crippen LogP contribution in [0.25, 0.3) is 11.8 Å². The molecule has 3 rings (SSSR count). The first-order valence-electron chi connectivity index (χ1n) is 9.29. The summed E-state index contributed by atoms with van der Waals surface area (Å²) in [5, 5.41) is 12.1. The van der Waals surface area contributed by atoms with Crippen LogP contribution in [-0.4, -0.2) is 16.3 Å². The molecule has 0 atom stereocenters. The number of nitrogens with one attached hydrogen (secondary N) is 1. The molecule has 0 unspecified atom stereocenters. The lowest BCUT2D eigenvalue weighted by atomic mass is 10.1. The van der Waals surface area contributed by atoms with Crippen molar-refractivity contribution in [1.82, 2.24) is 4.57 Å².